The van der Waals surface area contributed by atoms with E-state index < -0.39 is 0 Å². The fourth-order valence-corrected chi connectivity index (χ4v) is 2.70. The van der Waals surface area contributed by atoms with Gasteiger partial charge in [-0.3, -0.25) is 4.79 Å². The van der Waals surface area contributed by atoms with Crippen molar-refractivity contribution < 1.29 is 4.79 Å². The minimum atomic E-state index is -0.0884. The molecular formula is C17H17NO. The van der Waals surface area contributed by atoms with E-state index in [1.54, 1.807) is 0 Å². The second kappa shape index (κ2) is 4.88. The van der Waals surface area contributed by atoms with Gasteiger partial charge in [-0.15, -0.1) is 0 Å². The van der Waals surface area contributed by atoms with Gasteiger partial charge < -0.3 is 5.32 Å². The normalized spacial score (nSPS) is 18.3. The first kappa shape index (κ1) is 12.0. The molecule has 1 unspecified atom stereocenters. The summed E-state index contributed by atoms with van der Waals surface area (Å²) in [6.07, 6.45) is 5.80. The van der Waals surface area contributed by atoms with Crippen molar-refractivity contribution in [1.82, 2.24) is 5.32 Å². The number of ketones is 1. The number of aryl methyl sites for hydroxylation is 1. The highest BCUT2D eigenvalue weighted by atomic mass is 16.1. The maximum absolute atomic E-state index is 12.7. The highest BCUT2D eigenvalue weighted by molar-refractivity contribution is 6.11. The number of benzene rings is 2. The Balaban J connectivity index is 2.10. The molecule has 0 radical (unpaired) electrons. The fraction of sp³-hybridized carbons (Fsp3) is 0.235. The van der Waals surface area contributed by atoms with E-state index in [4.69, 9.17) is 0 Å². The van der Waals surface area contributed by atoms with Crippen LogP contribution in [-0.2, 0) is 0 Å². The summed E-state index contributed by atoms with van der Waals surface area (Å²) in [7, 11) is 0. The van der Waals surface area contributed by atoms with Crippen LogP contribution in [0.4, 0.5) is 0 Å². The molecule has 2 aromatic carbocycles. The summed E-state index contributed by atoms with van der Waals surface area (Å²) < 4.78 is 0. The van der Waals surface area contributed by atoms with Gasteiger partial charge in [0.05, 0.1) is 6.04 Å². The Morgan fingerprint density at radius 1 is 1.21 bits per heavy atom. The zero-order valence-corrected chi connectivity index (χ0v) is 11.0. The summed E-state index contributed by atoms with van der Waals surface area (Å²) in [5.41, 5.74) is 1.92. The molecule has 2 heteroatoms. The molecule has 1 aliphatic heterocycles. The van der Waals surface area contributed by atoms with Crippen LogP contribution in [0.1, 0.15) is 28.8 Å². The number of hydrogen-bond donors (Lipinski definition) is 1. The second-order valence-electron chi connectivity index (χ2n) is 5.04. The Bertz CT molecular complexity index is 657. The molecular weight excluding hydrogens is 234 g/mol. The topological polar surface area (TPSA) is 29.1 Å². The smallest absolute Gasteiger partial charge is 0.185 e. The van der Waals surface area contributed by atoms with Gasteiger partial charge in [0.2, 0.25) is 0 Å². The van der Waals surface area contributed by atoms with Gasteiger partial charge >= 0.3 is 0 Å². The largest absolute Gasteiger partial charge is 0.381 e. The Labute approximate surface area is 113 Å². The van der Waals surface area contributed by atoms with Gasteiger partial charge in [-0.05, 0) is 42.3 Å². The third-order valence-electron chi connectivity index (χ3n) is 3.74. The first-order chi connectivity index (χ1) is 9.27. The molecule has 96 valence electrons. The second-order valence-corrected chi connectivity index (χ2v) is 5.04. The SMILES string of the molecule is Cc1ccc2ccccc2c1C(=O)C1CCC=CN1. The maximum atomic E-state index is 12.7. The number of fused-ring (bicyclic) bond motifs is 1. The zero-order chi connectivity index (χ0) is 13.2. The molecule has 3 rings (SSSR count). The maximum Gasteiger partial charge on any atom is 0.185 e. The molecule has 1 atom stereocenters. The van der Waals surface area contributed by atoms with Crippen LogP contribution in [0, 0.1) is 6.92 Å². The number of carbonyl (C=O) groups is 1. The van der Waals surface area contributed by atoms with E-state index in [1.165, 1.54) is 0 Å². The highest BCUT2D eigenvalue weighted by Crippen LogP contribution is 2.24. The first-order valence-corrected chi connectivity index (χ1v) is 6.71. The van der Waals surface area contributed by atoms with Gasteiger partial charge in [0, 0.05) is 5.56 Å². The van der Waals surface area contributed by atoms with E-state index in [1.807, 2.05) is 37.4 Å². The minimum absolute atomic E-state index is 0.0884. The summed E-state index contributed by atoms with van der Waals surface area (Å²) in [6, 6.07) is 12.1. The molecule has 1 heterocycles. The van der Waals surface area contributed by atoms with E-state index >= 15 is 0 Å². The van der Waals surface area contributed by atoms with Crippen LogP contribution in [0.5, 0.6) is 0 Å². The summed E-state index contributed by atoms with van der Waals surface area (Å²) >= 11 is 0. The lowest BCUT2D eigenvalue weighted by molar-refractivity contribution is 0.0944. The standard InChI is InChI=1S/C17H17NO/c1-12-9-10-13-6-2-3-7-14(13)16(12)17(19)15-8-4-5-11-18-15/h2-3,5-7,9-11,15,18H,4,8H2,1H3. The number of Topliss-reactive ketones (excluding diaryl/α,β-unsaturated/α-hetero) is 1. The van der Waals surface area contributed by atoms with Crippen LogP contribution in [0.2, 0.25) is 0 Å². The molecule has 1 aliphatic rings. The predicted octanol–water partition coefficient (Wildman–Crippen LogP) is 3.60. The van der Waals surface area contributed by atoms with E-state index in [0.717, 1.165) is 34.7 Å². The zero-order valence-electron chi connectivity index (χ0n) is 11.0. The van der Waals surface area contributed by atoms with Crippen molar-refractivity contribution >= 4 is 16.6 Å². The van der Waals surface area contributed by atoms with Crippen LogP contribution < -0.4 is 5.32 Å². The lowest BCUT2D eigenvalue weighted by Gasteiger charge is -2.20. The van der Waals surface area contributed by atoms with Crippen LogP contribution in [0.25, 0.3) is 10.8 Å². The average Bonchev–Trinajstić information content (AvgIpc) is 2.47. The van der Waals surface area contributed by atoms with E-state index in [-0.39, 0.29) is 11.8 Å². The van der Waals surface area contributed by atoms with Crippen LogP contribution >= 0.6 is 0 Å². The van der Waals surface area contributed by atoms with Crippen molar-refractivity contribution in [3.8, 4) is 0 Å². The van der Waals surface area contributed by atoms with E-state index in [2.05, 4.69) is 23.5 Å². The fourth-order valence-electron chi connectivity index (χ4n) is 2.70. The molecule has 2 nitrogen and oxygen atoms in total. The number of hydrogen-bond acceptors (Lipinski definition) is 2. The average molecular weight is 251 g/mol. The van der Waals surface area contributed by atoms with Crippen molar-refractivity contribution in [2.75, 3.05) is 0 Å². The molecule has 0 spiro atoms. The van der Waals surface area contributed by atoms with Gasteiger partial charge in [-0.1, -0.05) is 42.5 Å². The molecule has 0 saturated carbocycles. The van der Waals surface area contributed by atoms with E-state index in [9.17, 15) is 4.79 Å². The molecule has 1 N–H and O–H groups in total. The van der Waals surface area contributed by atoms with Crippen molar-refractivity contribution in [2.45, 2.75) is 25.8 Å². The number of allylic oxidation sites excluding steroid dienone is 1. The summed E-state index contributed by atoms with van der Waals surface area (Å²) in [6.45, 7) is 2.01. The monoisotopic (exact) mass is 251 g/mol. The van der Waals surface area contributed by atoms with E-state index in [0.29, 0.717) is 0 Å². The van der Waals surface area contributed by atoms with Gasteiger partial charge in [0.15, 0.2) is 5.78 Å². The van der Waals surface area contributed by atoms with Gasteiger partial charge in [0.25, 0.3) is 0 Å². The van der Waals surface area contributed by atoms with Crippen LogP contribution in [0.3, 0.4) is 0 Å². The molecule has 0 bridgehead atoms. The molecule has 0 amide bonds. The van der Waals surface area contributed by atoms with Gasteiger partial charge in [-0.2, -0.15) is 0 Å². The van der Waals surface area contributed by atoms with Crippen LogP contribution in [-0.4, -0.2) is 11.8 Å². The lowest BCUT2D eigenvalue weighted by atomic mass is 9.91. The Morgan fingerprint density at radius 3 is 2.84 bits per heavy atom. The summed E-state index contributed by atoms with van der Waals surface area (Å²) in [5.74, 6) is 0.207. The number of nitrogens with one attached hydrogen (secondary N) is 1. The number of rotatable bonds is 2. The first-order valence-electron chi connectivity index (χ1n) is 6.71. The number of carbonyl (C=O) groups excluding carboxylic acids is 1. The summed E-state index contributed by atoms with van der Waals surface area (Å²) in [4.78, 5) is 12.7. The Morgan fingerprint density at radius 2 is 2.05 bits per heavy atom. The molecule has 0 saturated heterocycles. The quantitative estimate of drug-likeness (QED) is 0.826. The third-order valence-corrected chi connectivity index (χ3v) is 3.74. The van der Waals surface area contributed by atoms with Crippen molar-refractivity contribution in [1.29, 1.82) is 0 Å². The molecule has 19 heavy (non-hydrogen) atoms. The Kier molecular flexibility index (Phi) is 3.08. The van der Waals surface area contributed by atoms with Crippen molar-refractivity contribution in [3.63, 3.8) is 0 Å². The molecule has 2 aromatic rings. The van der Waals surface area contributed by atoms with Crippen LogP contribution in [0.15, 0.2) is 48.7 Å². The predicted molar refractivity (Wildman–Crippen MR) is 78.3 cm³/mol. The molecule has 0 aromatic heterocycles. The van der Waals surface area contributed by atoms with Crippen molar-refractivity contribution in [2.24, 2.45) is 0 Å². The summed E-state index contributed by atoms with van der Waals surface area (Å²) in [5, 5.41) is 5.37. The molecule has 0 aliphatic carbocycles. The Hall–Kier alpha value is -2.09. The minimum Gasteiger partial charge on any atom is -0.381 e. The third kappa shape index (κ3) is 2.14. The van der Waals surface area contributed by atoms with Gasteiger partial charge in [-0.25, -0.2) is 0 Å². The van der Waals surface area contributed by atoms with Crippen molar-refractivity contribution in [3.05, 3.63) is 59.8 Å². The molecule has 0 fully saturated rings. The lowest BCUT2D eigenvalue weighted by Crippen LogP contribution is -2.35. The highest BCUT2D eigenvalue weighted by Gasteiger charge is 2.22. The van der Waals surface area contributed by atoms with Gasteiger partial charge in [0.1, 0.15) is 0 Å².